The number of para-hydroxylation sites is 2. The van der Waals surface area contributed by atoms with E-state index in [0.29, 0.717) is 0 Å². The molecule has 0 N–H and O–H groups in total. The summed E-state index contributed by atoms with van der Waals surface area (Å²) >= 11 is 0. The van der Waals surface area contributed by atoms with Crippen LogP contribution < -0.4 is 9.80 Å². The maximum absolute atomic E-state index is 2.45. The number of fused-ring (bicyclic) bond motifs is 6. The van der Waals surface area contributed by atoms with Gasteiger partial charge >= 0.3 is 0 Å². The smallest absolute Gasteiger partial charge is 0.0465 e. The first-order valence-corrected chi connectivity index (χ1v) is 19.7. The number of hydrogen-bond acceptors (Lipinski definition) is 2. The molecule has 56 heavy (non-hydrogen) atoms. The number of nitrogens with zero attached hydrogens (tertiary/aromatic N) is 2. The van der Waals surface area contributed by atoms with Gasteiger partial charge in [0.05, 0.1) is 0 Å². The lowest BCUT2D eigenvalue weighted by Gasteiger charge is -2.30. The van der Waals surface area contributed by atoms with E-state index in [-0.39, 0.29) is 10.8 Å². The normalized spacial score (nSPS) is 14.0. The van der Waals surface area contributed by atoms with Crippen LogP contribution in [0.5, 0.6) is 0 Å². The van der Waals surface area contributed by atoms with Crippen LogP contribution in [0.4, 0.5) is 34.1 Å². The topological polar surface area (TPSA) is 6.48 Å². The minimum atomic E-state index is -0.0954. The Balaban J connectivity index is 1.05. The van der Waals surface area contributed by atoms with Gasteiger partial charge in [-0.2, -0.15) is 0 Å². The van der Waals surface area contributed by atoms with Crippen LogP contribution in [0.2, 0.25) is 0 Å². The maximum Gasteiger partial charge on any atom is 0.0465 e. The summed E-state index contributed by atoms with van der Waals surface area (Å²) in [7, 11) is 0. The third-order valence-electron chi connectivity index (χ3n) is 12.3. The van der Waals surface area contributed by atoms with Gasteiger partial charge in [0, 0.05) is 45.0 Å². The molecule has 0 radical (unpaired) electrons. The lowest BCUT2D eigenvalue weighted by molar-refractivity contribution is 0.660. The van der Waals surface area contributed by atoms with E-state index in [4.69, 9.17) is 0 Å². The molecule has 2 aliphatic carbocycles. The molecule has 0 saturated carbocycles. The minimum absolute atomic E-state index is 0.0954. The van der Waals surface area contributed by atoms with Crippen LogP contribution in [0.15, 0.2) is 194 Å². The van der Waals surface area contributed by atoms with Gasteiger partial charge in [0.15, 0.2) is 0 Å². The predicted octanol–water partition coefficient (Wildman–Crippen LogP) is 14.9. The molecule has 2 nitrogen and oxygen atoms in total. The molecule has 0 saturated heterocycles. The van der Waals surface area contributed by atoms with E-state index in [1.54, 1.807) is 0 Å². The van der Waals surface area contributed by atoms with Gasteiger partial charge in [-0.25, -0.2) is 0 Å². The highest BCUT2D eigenvalue weighted by molar-refractivity contribution is 5.89. The second kappa shape index (κ2) is 13.0. The van der Waals surface area contributed by atoms with Crippen LogP contribution in [-0.4, -0.2) is 0 Å². The standard InChI is InChI=1S/C54H44N2/c1-53(2)49-21-13-11-19-45(49)47-33-31-43(35-51(47)53)56(44-32-34-48-46-20-12-14-22-50(46)54(3,4)52(48)36-44)42-29-25-38(26-30-42)37-23-27-41(28-24-37)55(39-15-7-5-8-16-39)40-17-9-6-10-18-40/h5-36H,1-4H3. The van der Waals surface area contributed by atoms with Crippen molar-refractivity contribution in [2.45, 2.75) is 38.5 Å². The van der Waals surface area contributed by atoms with Gasteiger partial charge in [0.2, 0.25) is 0 Å². The van der Waals surface area contributed by atoms with E-state index < -0.39 is 0 Å². The lowest BCUT2D eigenvalue weighted by Crippen LogP contribution is -2.18. The van der Waals surface area contributed by atoms with Crippen molar-refractivity contribution in [3.05, 3.63) is 216 Å². The van der Waals surface area contributed by atoms with Crippen LogP contribution in [0.25, 0.3) is 33.4 Å². The predicted molar refractivity (Wildman–Crippen MR) is 236 cm³/mol. The van der Waals surface area contributed by atoms with Gasteiger partial charge in [-0.3, -0.25) is 0 Å². The van der Waals surface area contributed by atoms with E-state index in [9.17, 15) is 0 Å². The molecule has 0 spiro atoms. The molecule has 270 valence electrons. The van der Waals surface area contributed by atoms with Crippen molar-refractivity contribution < 1.29 is 0 Å². The molecule has 0 fully saturated rings. The van der Waals surface area contributed by atoms with Gasteiger partial charge in [-0.1, -0.05) is 149 Å². The van der Waals surface area contributed by atoms with E-state index in [0.717, 1.165) is 34.1 Å². The van der Waals surface area contributed by atoms with E-state index >= 15 is 0 Å². The zero-order valence-corrected chi connectivity index (χ0v) is 32.4. The summed E-state index contributed by atoms with van der Waals surface area (Å²) in [5, 5.41) is 0. The Morgan fingerprint density at radius 2 is 0.571 bits per heavy atom. The summed E-state index contributed by atoms with van der Waals surface area (Å²) in [6.07, 6.45) is 0. The molecule has 0 amide bonds. The molecule has 0 bridgehead atoms. The van der Waals surface area contributed by atoms with E-state index in [2.05, 4.69) is 232 Å². The van der Waals surface area contributed by atoms with Crippen molar-refractivity contribution in [1.82, 2.24) is 0 Å². The second-order valence-corrected chi connectivity index (χ2v) is 16.2. The Hall–Kier alpha value is -6.64. The molecule has 8 aromatic carbocycles. The molecule has 0 aromatic heterocycles. The summed E-state index contributed by atoms with van der Waals surface area (Å²) < 4.78 is 0. The summed E-state index contributed by atoms with van der Waals surface area (Å²) in [6.45, 7) is 9.44. The minimum Gasteiger partial charge on any atom is -0.311 e. The van der Waals surface area contributed by atoms with Crippen molar-refractivity contribution in [2.75, 3.05) is 9.80 Å². The quantitative estimate of drug-likeness (QED) is 0.162. The van der Waals surface area contributed by atoms with Crippen LogP contribution in [0, 0.1) is 0 Å². The number of hydrogen-bond donors (Lipinski definition) is 0. The molecule has 10 rings (SSSR count). The van der Waals surface area contributed by atoms with Gasteiger partial charge in [-0.05, 0) is 128 Å². The Labute approximate surface area is 331 Å². The second-order valence-electron chi connectivity index (χ2n) is 16.2. The zero-order chi connectivity index (χ0) is 38.0. The number of anilines is 6. The Morgan fingerprint density at radius 3 is 0.982 bits per heavy atom. The number of benzene rings is 8. The molecule has 2 heteroatoms. The summed E-state index contributed by atoms with van der Waals surface area (Å²) in [4.78, 5) is 4.75. The molecule has 8 aromatic rings. The maximum atomic E-state index is 2.45. The average Bonchev–Trinajstić information content (AvgIpc) is 3.61. The fraction of sp³-hybridized carbons (Fsp3) is 0.111. The largest absolute Gasteiger partial charge is 0.311 e. The van der Waals surface area contributed by atoms with Gasteiger partial charge in [0.25, 0.3) is 0 Å². The van der Waals surface area contributed by atoms with Crippen molar-refractivity contribution in [1.29, 1.82) is 0 Å². The van der Waals surface area contributed by atoms with Crippen LogP contribution in [0.3, 0.4) is 0 Å². The average molecular weight is 721 g/mol. The van der Waals surface area contributed by atoms with E-state index in [1.807, 2.05) is 0 Å². The Morgan fingerprint density at radius 1 is 0.268 bits per heavy atom. The lowest BCUT2D eigenvalue weighted by atomic mass is 9.82. The van der Waals surface area contributed by atoms with Gasteiger partial charge < -0.3 is 9.80 Å². The summed E-state index contributed by atoms with van der Waals surface area (Å²) in [5.41, 5.74) is 19.9. The molecule has 2 aliphatic rings. The highest BCUT2D eigenvalue weighted by Crippen LogP contribution is 2.53. The molecule has 0 heterocycles. The zero-order valence-electron chi connectivity index (χ0n) is 32.4. The molecular weight excluding hydrogens is 677 g/mol. The highest BCUT2D eigenvalue weighted by atomic mass is 15.1. The molecular formula is C54H44N2. The van der Waals surface area contributed by atoms with Crippen molar-refractivity contribution in [3.8, 4) is 33.4 Å². The third-order valence-corrected chi connectivity index (χ3v) is 12.3. The first kappa shape index (κ1) is 33.9. The van der Waals surface area contributed by atoms with Crippen LogP contribution in [-0.2, 0) is 10.8 Å². The Kier molecular flexibility index (Phi) is 7.87. The van der Waals surface area contributed by atoms with Crippen molar-refractivity contribution in [3.63, 3.8) is 0 Å². The third kappa shape index (κ3) is 5.39. The fourth-order valence-electron chi connectivity index (χ4n) is 9.32. The highest BCUT2D eigenvalue weighted by Gasteiger charge is 2.37. The van der Waals surface area contributed by atoms with Gasteiger partial charge in [-0.15, -0.1) is 0 Å². The fourth-order valence-corrected chi connectivity index (χ4v) is 9.32. The van der Waals surface area contributed by atoms with Crippen molar-refractivity contribution in [2.24, 2.45) is 0 Å². The van der Waals surface area contributed by atoms with Crippen LogP contribution >= 0.6 is 0 Å². The summed E-state index contributed by atoms with van der Waals surface area (Å²) in [5.74, 6) is 0. The van der Waals surface area contributed by atoms with Crippen molar-refractivity contribution >= 4 is 34.1 Å². The van der Waals surface area contributed by atoms with Gasteiger partial charge in [0.1, 0.15) is 0 Å². The molecule has 0 aliphatic heterocycles. The monoisotopic (exact) mass is 720 g/mol. The number of rotatable bonds is 7. The van der Waals surface area contributed by atoms with Crippen LogP contribution in [0.1, 0.15) is 49.9 Å². The molecule has 0 unspecified atom stereocenters. The first-order valence-electron chi connectivity index (χ1n) is 19.7. The van der Waals surface area contributed by atoms with E-state index in [1.165, 1.54) is 55.6 Å². The summed E-state index contributed by atoms with van der Waals surface area (Å²) in [6, 6.07) is 71.1. The first-order chi connectivity index (χ1) is 27.3. The molecule has 0 atom stereocenters. The SMILES string of the molecule is CC1(C)c2ccccc2-c2ccc(N(c3ccc(-c4ccc(N(c5ccccc5)c5ccccc5)cc4)cc3)c3ccc4c(c3)C(C)(C)c3ccccc3-4)cc21. The Bertz CT molecular complexity index is 2580.